The first kappa shape index (κ1) is 9.06. The number of hydrogen-bond acceptors (Lipinski definition) is 0. The smallest absolute Gasteiger partial charge is 0.0625 e. The molecule has 0 saturated heterocycles. The lowest BCUT2D eigenvalue weighted by Crippen LogP contribution is -1.86. The Hall–Kier alpha value is -2.20. The molecule has 0 saturated carbocycles. The van der Waals surface area contributed by atoms with E-state index in [0.717, 1.165) is 0 Å². The van der Waals surface area contributed by atoms with Crippen LogP contribution in [0, 0.1) is 12.0 Å². The van der Waals surface area contributed by atoms with Gasteiger partial charge in [0.05, 0.1) is 11.0 Å². The third kappa shape index (κ3) is 1.14. The van der Waals surface area contributed by atoms with Crippen LogP contribution in [0.1, 0.15) is 6.92 Å². The molecule has 0 radical (unpaired) electrons. The van der Waals surface area contributed by atoms with Crippen molar-refractivity contribution in [3.05, 3.63) is 48.5 Å². The quantitative estimate of drug-likeness (QED) is 0.494. The van der Waals surface area contributed by atoms with Gasteiger partial charge in [-0.05, 0) is 19.1 Å². The van der Waals surface area contributed by atoms with Gasteiger partial charge in [0.1, 0.15) is 0 Å². The molecule has 0 unspecified atom stereocenters. The average Bonchev–Trinajstić information content (AvgIpc) is 2.66. The van der Waals surface area contributed by atoms with E-state index in [4.69, 9.17) is 0 Å². The van der Waals surface area contributed by atoms with Gasteiger partial charge in [-0.15, -0.1) is 0 Å². The van der Waals surface area contributed by atoms with E-state index in [9.17, 15) is 0 Å². The maximum absolute atomic E-state index is 3.14. The van der Waals surface area contributed by atoms with Crippen molar-refractivity contribution in [1.82, 2.24) is 4.57 Å². The van der Waals surface area contributed by atoms with Crippen molar-refractivity contribution >= 4 is 21.8 Å². The fraction of sp³-hybridized carbons (Fsp3) is 0.0667. The third-order valence-electron chi connectivity index (χ3n) is 2.80. The van der Waals surface area contributed by atoms with E-state index in [1.54, 1.807) is 0 Å². The zero-order valence-corrected chi connectivity index (χ0v) is 9.07. The van der Waals surface area contributed by atoms with Crippen LogP contribution >= 0.6 is 0 Å². The number of benzene rings is 2. The van der Waals surface area contributed by atoms with Crippen LogP contribution in [0.15, 0.2) is 48.5 Å². The summed E-state index contributed by atoms with van der Waals surface area (Å²) < 4.78 is 2.06. The van der Waals surface area contributed by atoms with Crippen LogP contribution in [0.5, 0.6) is 0 Å². The fourth-order valence-corrected chi connectivity index (χ4v) is 2.15. The molecule has 0 bridgehead atoms. The number of aromatic nitrogens is 1. The molecule has 3 rings (SSSR count). The van der Waals surface area contributed by atoms with Crippen LogP contribution in [0.25, 0.3) is 21.8 Å². The van der Waals surface area contributed by atoms with Gasteiger partial charge in [-0.1, -0.05) is 42.3 Å². The minimum absolute atomic E-state index is 1.18. The monoisotopic (exact) mass is 205 g/mol. The van der Waals surface area contributed by atoms with Gasteiger partial charge < -0.3 is 0 Å². The predicted octanol–water partition coefficient (Wildman–Crippen LogP) is 3.62. The van der Waals surface area contributed by atoms with Gasteiger partial charge >= 0.3 is 0 Å². The van der Waals surface area contributed by atoms with Crippen molar-refractivity contribution in [1.29, 1.82) is 0 Å². The second-order valence-electron chi connectivity index (χ2n) is 3.73. The van der Waals surface area contributed by atoms with Crippen molar-refractivity contribution in [2.24, 2.45) is 0 Å². The van der Waals surface area contributed by atoms with Crippen LogP contribution in [0.3, 0.4) is 0 Å². The van der Waals surface area contributed by atoms with Crippen molar-refractivity contribution in [3.63, 3.8) is 0 Å². The highest BCUT2D eigenvalue weighted by Crippen LogP contribution is 2.27. The first-order valence-electron chi connectivity index (χ1n) is 5.33. The Morgan fingerprint density at radius 1 is 0.812 bits per heavy atom. The summed E-state index contributed by atoms with van der Waals surface area (Å²) in [5.74, 6) is 2.97. The van der Waals surface area contributed by atoms with Crippen LogP contribution < -0.4 is 0 Å². The van der Waals surface area contributed by atoms with E-state index >= 15 is 0 Å². The van der Waals surface area contributed by atoms with Gasteiger partial charge in [-0.2, -0.15) is 0 Å². The van der Waals surface area contributed by atoms with E-state index < -0.39 is 0 Å². The van der Waals surface area contributed by atoms with Crippen LogP contribution in [0.2, 0.25) is 0 Å². The largest absolute Gasteiger partial charge is 0.269 e. The van der Waals surface area contributed by atoms with E-state index in [-0.39, 0.29) is 0 Å². The van der Waals surface area contributed by atoms with E-state index in [1.165, 1.54) is 21.8 Å². The van der Waals surface area contributed by atoms with Gasteiger partial charge in [-0.25, -0.2) is 0 Å². The summed E-state index contributed by atoms with van der Waals surface area (Å²) in [4.78, 5) is 0. The first-order valence-corrected chi connectivity index (χ1v) is 5.33. The molecule has 0 fully saturated rings. The van der Waals surface area contributed by atoms with Crippen molar-refractivity contribution in [2.75, 3.05) is 0 Å². The molecule has 1 heteroatoms. The lowest BCUT2D eigenvalue weighted by molar-refractivity contribution is 1.26. The molecular formula is C15H11N. The van der Waals surface area contributed by atoms with Crippen molar-refractivity contribution in [3.8, 4) is 12.0 Å². The zero-order valence-electron chi connectivity index (χ0n) is 9.07. The second-order valence-corrected chi connectivity index (χ2v) is 3.73. The van der Waals surface area contributed by atoms with Gasteiger partial charge in [0.15, 0.2) is 0 Å². The van der Waals surface area contributed by atoms with Gasteiger partial charge in [0.25, 0.3) is 0 Å². The Bertz CT molecular complexity index is 670. The summed E-state index contributed by atoms with van der Waals surface area (Å²) in [6.07, 6.45) is 0. The molecule has 16 heavy (non-hydrogen) atoms. The molecule has 0 aliphatic rings. The predicted molar refractivity (Wildman–Crippen MR) is 68.3 cm³/mol. The summed E-state index contributed by atoms with van der Waals surface area (Å²) in [6, 6.07) is 19.9. The Morgan fingerprint density at radius 2 is 1.31 bits per heavy atom. The van der Waals surface area contributed by atoms with Crippen LogP contribution in [-0.2, 0) is 0 Å². The highest BCUT2D eigenvalue weighted by atomic mass is 14.9. The minimum Gasteiger partial charge on any atom is -0.269 e. The molecule has 76 valence electrons. The Labute approximate surface area is 94.3 Å². The van der Waals surface area contributed by atoms with Crippen molar-refractivity contribution < 1.29 is 0 Å². The molecule has 0 amide bonds. The lowest BCUT2D eigenvalue weighted by atomic mass is 10.2. The first-order chi connectivity index (χ1) is 7.92. The maximum atomic E-state index is 3.14. The Balaban J connectivity index is 2.62. The Kier molecular flexibility index (Phi) is 1.94. The molecule has 1 heterocycles. The molecule has 1 nitrogen and oxygen atoms in total. The molecule has 0 N–H and O–H groups in total. The molecular weight excluding hydrogens is 194 g/mol. The molecule has 0 aliphatic heterocycles. The average molecular weight is 205 g/mol. The number of rotatable bonds is 0. The summed E-state index contributed by atoms with van der Waals surface area (Å²) in [5, 5.41) is 2.53. The molecule has 0 spiro atoms. The highest BCUT2D eigenvalue weighted by molar-refractivity contribution is 6.08. The number of para-hydroxylation sites is 2. The van der Waals surface area contributed by atoms with Gasteiger partial charge in [0, 0.05) is 16.8 Å². The number of hydrogen-bond donors (Lipinski definition) is 0. The van der Waals surface area contributed by atoms with Gasteiger partial charge in [-0.3, -0.25) is 4.57 Å². The fourth-order valence-electron chi connectivity index (χ4n) is 2.15. The van der Waals surface area contributed by atoms with Gasteiger partial charge in [0.2, 0.25) is 0 Å². The lowest BCUT2D eigenvalue weighted by Gasteiger charge is -1.95. The highest BCUT2D eigenvalue weighted by Gasteiger charge is 2.06. The molecule has 1 aromatic heterocycles. The number of nitrogens with zero attached hydrogens (tertiary/aromatic N) is 1. The summed E-state index contributed by atoms with van der Waals surface area (Å²) in [6.45, 7) is 1.86. The van der Waals surface area contributed by atoms with E-state index in [2.05, 4.69) is 65.1 Å². The summed E-state index contributed by atoms with van der Waals surface area (Å²) in [5.41, 5.74) is 2.36. The van der Waals surface area contributed by atoms with E-state index in [0.29, 0.717) is 0 Å². The summed E-state index contributed by atoms with van der Waals surface area (Å²) in [7, 11) is 0. The SMILES string of the molecule is CC#Cn1c2ccccc2c2ccccc21. The molecule has 0 atom stereocenters. The molecule has 2 aromatic carbocycles. The van der Waals surface area contributed by atoms with Crippen LogP contribution in [0.4, 0.5) is 0 Å². The van der Waals surface area contributed by atoms with Crippen LogP contribution in [-0.4, -0.2) is 4.57 Å². The molecule has 3 aromatic rings. The zero-order chi connectivity index (χ0) is 11.0. The maximum Gasteiger partial charge on any atom is 0.0625 e. The Morgan fingerprint density at radius 3 is 1.81 bits per heavy atom. The standard InChI is InChI=1S/C15H11N/c1-2-11-16-14-9-5-3-7-12(14)13-8-4-6-10-15(13)16/h3-10H,1H3. The van der Waals surface area contributed by atoms with Crippen molar-refractivity contribution in [2.45, 2.75) is 6.92 Å². The van der Waals surface area contributed by atoms with E-state index in [1.807, 2.05) is 6.92 Å². The number of fused-ring (bicyclic) bond motifs is 3. The molecule has 0 aliphatic carbocycles. The summed E-state index contributed by atoms with van der Waals surface area (Å²) >= 11 is 0. The minimum atomic E-state index is 1.18. The second kappa shape index (κ2) is 3.43. The topological polar surface area (TPSA) is 4.93 Å². The normalized spacial score (nSPS) is 10.3. The third-order valence-corrected chi connectivity index (χ3v) is 2.80.